The summed E-state index contributed by atoms with van der Waals surface area (Å²) in [6.07, 6.45) is 0.00338. The molecule has 0 aromatic carbocycles. The average Bonchev–Trinajstić information content (AvgIpc) is 2.04. The summed E-state index contributed by atoms with van der Waals surface area (Å²) in [5.74, 6) is 0. The molecule has 1 unspecified atom stereocenters. The monoisotopic (exact) mass is 163 g/mol. The fraction of sp³-hybridized carbons (Fsp3) is 1.00. The molecule has 0 fully saturated rings. The summed E-state index contributed by atoms with van der Waals surface area (Å²) in [5, 5.41) is 0. The minimum Gasteiger partial charge on any atom is -0.307 e. The van der Waals surface area contributed by atoms with Crippen molar-refractivity contribution in [2.24, 2.45) is 0 Å². The van der Waals surface area contributed by atoms with Gasteiger partial charge in [-0.1, -0.05) is 20.8 Å². The Hall–Kier alpha value is -0.110. The summed E-state index contributed by atoms with van der Waals surface area (Å²) >= 11 is 0. The Kier molecular flexibility index (Phi) is 12.1. The van der Waals surface area contributed by atoms with Gasteiger partial charge in [0.15, 0.2) is 0 Å². The van der Waals surface area contributed by atoms with Crippen LogP contribution in [0.3, 0.4) is 0 Å². The summed E-state index contributed by atoms with van der Waals surface area (Å²) in [6.45, 7) is 9.55. The van der Waals surface area contributed by atoms with Gasteiger partial charge in [0.2, 0.25) is 0 Å². The van der Waals surface area contributed by atoms with Crippen LogP contribution in [0.5, 0.6) is 0 Å². The van der Waals surface area contributed by atoms with Gasteiger partial charge in [0.1, 0.15) is 0 Å². The zero-order valence-corrected chi connectivity index (χ0v) is 8.52. The van der Waals surface area contributed by atoms with Crippen LogP contribution in [0.1, 0.15) is 34.1 Å². The van der Waals surface area contributed by atoms with Gasteiger partial charge in [-0.05, 0) is 26.9 Å². The highest BCUT2D eigenvalue weighted by Crippen LogP contribution is 1.96. The zero-order chi connectivity index (χ0) is 9.28. The Bertz CT molecular complexity index is 64.6. The van der Waals surface area contributed by atoms with E-state index in [1.54, 1.807) is 6.92 Å². The van der Waals surface area contributed by atoms with Crippen molar-refractivity contribution in [1.82, 2.24) is 4.90 Å². The van der Waals surface area contributed by atoms with Crippen molar-refractivity contribution in [2.45, 2.75) is 40.3 Å². The van der Waals surface area contributed by atoms with E-state index in [9.17, 15) is 4.39 Å². The van der Waals surface area contributed by atoms with Gasteiger partial charge in [-0.2, -0.15) is 0 Å². The van der Waals surface area contributed by atoms with E-state index in [0.29, 0.717) is 6.42 Å². The third kappa shape index (κ3) is 13.0. The molecule has 1 atom stereocenters. The zero-order valence-electron chi connectivity index (χ0n) is 8.52. The van der Waals surface area contributed by atoms with Crippen LogP contribution in [0.25, 0.3) is 0 Å². The highest BCUT2D eigenvalue weighted by atomic mass is 19.1. The van der Waals surface area contributed by atoms with Gasteiger partial charge in [0.25, 0.3) is 0 Å². The number of hydrogen-bond acceptors (Lipinski definition) is 1. The van der Waals surface area contributed by atoms with Gasteiger partial charge >= 0.3 is 0 Å². The summed E-state index contributed by atoms with van der Waals surface area (Å²) < 4.78 is 12.2. The first kappa shape index (κ1) is 13.5. The number of hydrogen-bond donors (Lipinski definition) is 0. The Balaban J connectivity index is 0. The lowest BCUT2D eigenvalue weighted by Crippen LogP contribution is -2.20. The molecule has 0 saturated carbocycles. The second-order valence-corrected chi connectivity index (χ2v) is 2.47. The quantitative estimate of drug-likeness (QED) is 0.616. The minimum atomic E-state index is -0.654. The fourth-order valence-corrected chi connectivity index (χ4v) is 0.556. The fourth-order valence-electron chi connectivity index (χ4n) is 0.556. The van der Waals surface area contributed by atoms with Crippen LogP contribution in [-0.2, 0) is 0 Å². The molecule has 0 saturated heterocycles. The molecule has 0 bridgehead atoms. The summed E-state index contributed by atoms with van der Waals surface area (Å²) in [6, 6.07) is 0. The van der Waals surface area contributed by atoms with E-state index in [1.165, 1.54) is 0 Å². The molecule has 0 radical (unpaired) electrons. The SMILES string of the molecule is CC.CCN(C)CCC(C)F. The number of rotatable bonds is 4. The smallest absolute Gasteiger partial charge is 0.0985 e. The van der Waals surface area contributed by atoms with Crippen LogP contribution in [0.2, 0.25) is 0 Å². The lowest BCUT2D eigenvalue weighted by Gasteiger charge is -2.13. The maximum absolute atomic E-state index is 12.2. The van der Waals surface area contributed by atoms with Crippen molar-refractivity contribution in [3.63, 3.8) is 0 Å². The molecule has 0 N–H and O–H groups in total. The van der Waals surface area contributed by atoms with Crippen LogP contribution >= 0.6 is 0 Å². The molecule has 1 nitrogen and oxygen atoms in total. The van der Waals surface area contributed by atoms with E-state index < -0.39 is 6.17 Å². The minimum absolute atomic E-state index is 0.654. The molecule has 0 aromatic heterocycles. The van der Waals surface area contributed by atoms with E-state index >= 15 is 0 Å². The molecule has 0 amide bonds. The molecule has 0 aliphatic heterocycles. The maximum atomic E-state index is 12.2. The molecule has 2 heteroatoms. The van der Waals surface area contributed by atoms with E-state index in [-0.39, 0.29) is 0 Å². The van der Waals surface area contributed by atoms with Crippen molar-refractivity contribution in [2.75, 3.05) is 20.1 Å². The second-order valence-electron chi connectivity index (χ2n) is 2.47. The highest BCUT2D eigenvalue weighted by molar-refractivity contribution is 4.52. The van der Waals surface area contributed by atoms with E-state index in [2.05, 4.69) is 11.8 Å². The van der Waals surface area contributed by atoms with Gasteiger partial charge in [-0.15, -0.1) is 0 Å². The second kappa shape index (κ2) is 9.89. The average molecular weight is 163 g/mol. The molecule has 0 spiro atoms. The van der Waals surface area contributed by atoms with Gasteiger partial charge < -0.3 is 4.90 Å². The molecule has 70 valence electrons. The standard InChI is InChI=1S/C7H16FN.C2H6/c1-4-9(3)6-5-7(2)8;1-2/h7H,4-6H2,1-3H3;1-2H3. The predicted molar refractivity (Wildman–Crippen MR) is 49.7 cm³/mol. The number of halogens is 1. The summed E-state index contributed by atoms with van der Waals surface area (Å²) in [4.78, 5) is 2.11. The Morgan fingerprint density at radius 1 is 1.36 bits per heavy atom. The topological polar surface area (TPSA) is 3.24 Å². The normalized spacial score (nSPS) is 12.3. The first-order valence-corrected chi connectivity index (χ1v) is 4.49. The number of nitrogens with zero attached hydrogens (tertiary/aromatic N) is 1. The molecule has 0 aliphatic carbocycles. The van der Waals surface area contributed by atoms with Crippen molar-refractivity contribution < 1.29 is 4.39 Å². The molecule has 11 heavy (non-hydrogen) atoms. The maximum Gasteiger partial charge on any atom is 0.0985 e. The van der Waals surface area contributed by atoms with Gasteiger partial charge in [-0.3, -0.25) is 0 Å². The first-order valence-electron chi connectivity index (χ1n) is 4.49. The van der Waals surface area contributed by atoms with Crippen molar-refractivity contribution in [3.05, 3.63) is 0 Å². The van der Waals surface area contributed by atoms with Crippen LogP contribution in [0.15, 0.2) is 0 Å². The largest absolute Gasteiger partial charge is 0.307 e. The predicted octanol–water partition coefficient (Wildman–Crippen LogP) is 2.71. The Morgan fingerprint density at radius 3 is 2.09 bits per heavy atom. The van der Waals surface area contributed by atoms with Crippen LogP contribution < -0.4 is 0 Å². The molecule has 0 rings (SSSR count). The van der Waals surface area contributed by atoms with Gasteiger partial charge in [0, 0.05) is 6.54 Å². The van der Waals surface area contributed by atoms with Crippen molar-refractivity contribution in [1.29, 1.82) is 0 Å². The van der Waals surface area contributed by atoms with Crippen molar-refractivity contribution >= 4 is 0 Å². The Morgan fingerprint density at radius 2 is 1.82 bits per heavy atom. The number of alkyl halides is 1. The summed E-state index contributed by atoms with van der Waals surface area (Å²) in [7, 11) is 2.00. The van der Waals surface area contributed by atoms with E-state index in [1.807, 2.05) is 20.9 Å². The molecule has 0 heterocycles. The van der Waals surface area contributed by atoms with Crippen LogP contribution in [0.4, 0.5) is 4.39 Å². The van der Waals surface area contributed by atoms with Crippen LogP contribution in [0, 0.1) is 0 Å². The van der Waals surface area contributed by atoms with Crippen molar-refractivity contribution in [3.8, 4) is 0 Å². The first-order chi connectivity index (χ1) is 5.16. The summed E-state index contributed by atoms with van der Waals surface area (Å²) in [5.41, 5.74) is 0. The van der Waals surface area contributed by atoms with Crippen LogP contribution in [-0.4, -0.2) is 31.2 Å². The third-order valence-corrected chi connectivity index (χ3v) is 1.45. The highest BCUT2D eigenvalue weighted by Gasteiger charge is 1.99. The molecule has 0 aliphatic rings. The molecular weight excluding hydrogens is 141 g/mol. The molecule has 0 aromatic rings. The lowest BCUT2D eigenvalue weighted by molar-refractivity contribution is 0.273. The molecular formula is C9H22FN. The van der Waals surface area contributed by atoms with Gasteiger partial charge in [-0.25, -0.2) is 4.39 Å². The van der Waals surface area contributed by atoms with E-state index in [0.717, 1.165) is 13.1 Å². The van der Waals surface area contributed by atoms with E-state index in [4.69, 9.17) is 0 Å². The lowest BCUT2D eigenvalue weighted by atomic mass is 10.3. The third-order valence-electron chi connectivity index (χ3n) is 1.45. The Labute approximate surface area is 70.6 Å². The van der Waals surface area contributed by atoms with Gasteiger partial charge in [0.05, 0.1) is 6.17 Å².